The smallest absolute Gasteiger partial charge is 0.328 e. The standard InChI is InChI=1S/C24H30N8O2/c1-4-31-20-21(28-23(31)30-12-8-9-16(25)13-30)29(3)24(34)32(22(20)33)14-19-26-15(2)17-10-6-5-7-11-18(17)27-19/h5-6,10,16,18,20-21H,4,8-9,12-14,25H2,1-3H3. The number of urea groups is 1. The van der Waals surface area contributed by atoms with Crippen LogP contribution in [0, 0.1) is 11.8 Å². The number of carbonyl (C=O) groups excluding carboxylic acids is 2. The maximum absolute atomic E-state index is 13.7. The molecule has 4 atom stereocenters. The molecule has 0 radical (unpaired) electrons. The van der Waals surface area contributed by atoms with Crippen LogP contribution in [0.3, 0.4) is 0 Å². The topological polar surface area (TPSA) is 110 Å². The minimum atomic E-state index is -0.576. The molecule has 0 bridgehead atoms. The van der Waals surface area contributed by atoms with Crippen molar-refractivity contribution in [3.8, 4) is 11.8 Å². The predicted molar refractivity (Wildman–Crippen MR) is 130 cm³/mol. The molecule has 3 amide bonds. The number of imide groups is 1. The maximum atomic E-state index is 13.7. The molecule has 2 saturated heterocycles. The zero-order valence-electron chi connectivity index (χ0n) is 19.8. The van der Waals surface area contributed by atoms with E-state index in [2.05, 4.69) is 26.7 Å². The summed E-state index contributed by atoms with van der Waals surface area (Å²) in [5, 5.41) is 0. The Balaban J connectivity index is 1.40. The molecule has 34 heavy (non-hydrogen) atoms. The minimum absolute atomic E-state index is 0.00291. The second-order valence-corrected chi connectivity index (χ2v) is 9.15. The monoisotopic (exact) mass is 462 g/mol. The molecule has 4 heterocycles. The lowest BCUT2D eigenvalue weighted by Crippen LogP contribution is -2.66. The number of nitrogens with zero attached hydrogens (tertiary/aromatic N) is 7. The number of aliphatic imine (C=N–C) groups is 3. The highest BCUT2D eigenvalue weighted by Crippen LogP contribution is 2.30. The summed E-state index contributed by atoms with van der Waals surface area (Å²) >= 11 is 0. The van der Waals surface area contributed by atoms with Gasteiger partial charge in [-0.15, -0.1) is 0 Å². The van der Waals surface area contributed by atoms with Crippen LogP contribution in [0.15, 0.2) is 38.8 Å². The number of piperidine rings is 1. The van der Waals surface area contributed by atoms with Crippen molar-refractivity contribution in [1.29, 1.82) is 0 Å². The summed E-state index contributed by atoms with van der Waals surface area (Å²) in [5.41, 5.74) is 7.93. The van der Waals surface area contributed by atoms with Crippen molar-refractivity contribution >= 4 is 29.4 Å². The first-order chi connectivity index (χ1) is 16.4. The molecule has 10 heteroatoms. The fourth-order valence-electron chi connectivity index (χ4n) is 5.17. The predicted octanol–water partition coefficient (Wildman–Crippen LogP) is 0.431. The Bertz CT molecular complexity index is 1120. The molecule has 2 N–H and O–H groups in total. The van der Waals surface area contributed by atoms with E-state index in [1.165, 1.54) is 4.90 Å². The van der Waals surface area contributed by atoms with Crippen LogP contribution >= 0.6 is 0 Å². The number of likely N-dealkylation sites (N-methyl/N-ethyl adjacent to an activating group) is 2. The molecular formula is C24H30N8O2. The van der Waals surface area contributed by atoms with Crippen LogP contribution in [0.25, 0.3) is 0 Å². The number of allylic oxidation sites excluding steroid dienone is 3. The molecule has 0 spiro atoms. The van der Waals surface area contributed by atoms with Gasteiger partial charge in [-0.25, -0.2) is 19.8 Å². The average Bonchev–Trinajstić information content (AvgIpc) is 3.05. The summed E-state index contributed by atoms with van der Waals surface area (Å²) in [5.74, 6) is 6.96. The first-order valence-electron chi connectivity index (χ1n) is 11.8. The van der Waals surface area contributed by atoms with Gasteiger partial charge in [0.25, 0.3) is 5.91 Å². The van der Waals surface area contributed by atoms with E-state index >= 15 is 0 Å². The Morgan fingerprint density at radius 2 is 2.09 bits per heavy atom. The molecule has 0 aromatic heterocycles. The summed E-state index contributed by atoms with van der Waals surface area (Å²) in [7, 11) is 1.70. The van der Waals surface area contributed by atoms with E-state index < -0.39 is 18.2 Å². The number of amidine groups is 1. The highest BCUT2D eigenvalue weighted by Gasteiger charge is 2.53. The van der Waals surface area contributed by atoms with Gasteiger partial charge in [-0.1, -0.05) is 24.0 Å². The first kappa shape index (κ1) is 22.3. The van der Waals surface area contributed by atoms with Crippen LogP contribution < -0.4 is 5.73 Å². The average molecular weight is 463 g/mol. The summed E-state index contributed by atoms with van der Waals surface area (Å²) in [4.78, 5) is 48.0. The Morgan fingerprint density at radius 3 is 2.85 bits per heavy atom. The Kier molecular flexibility index (Phi) is 5.73. The van der Waals surface area contributed by atoms with Gasteiger partial charge in [0.15, 0.2) is 18.2 Å². The van der Waals surface area contributed by atoms with E-state index in [9.17, 15) is 9.59 Å². The fraction of sp³-hybridized carbons (Fsp3) is 0.542. The minimum Gasteiger partial charge on any atom is -0.341 e. The van der Waals surface area contributed by atoms with Crippen molar-refractivity contribution in [1.82, 2.24) is 19.6 Å². The summed E-state index contributed by atoms with van der Waals surface area (Å²) in [6, 6.07) is -1.24. The van der Waals surface area contributed by atoms with Crippen LogP contribution in [-0.4, -0.2) is 107 Å². The normalized spacial score (nSPS) is 30.6. The number of amides is 3. The maximum Gasteiger partial charge on any atom is 0.328 e. The molecule has 1 aliphatic carbocycles. The second-order valence-electron chi connectivity index (χ2n) is 9.15. The van der Waals surface area contributed by atoms with Crippen molar-refractivity contribution in [3.05, 3.63) is 23.8 Å². The summed E-state index contributed by atoms with van der Waals surface area (Å²) in [6.45, 7) is 6.04. The van der Waals surface area contributed by atoms with Crippen molar-refractivity contribution in [2.45, 2.75) is 51.0 Å². The molecule has 0 saturated carbocycles. The zero-order valence-corrected chi connectivity index (χ0v) is 19.8. The van der Waals surface area contributed by atoms with Gasteiger partial charge < -0.3 is 20.4 Å². The third-order valence-corrected chi connectivity index (χ3v) is 6.91. The van der Waals surface area contributed by atoms with Crippen LogP contribution in [0.1, 0.15) is 26.7 Å². The van der Waals surface area contributed by atoms with Crippen molar-refractivity contribution in [3.63, 3.8) is 0 Å². The van der Waals surface area contributed by atoms with Gasteiger partial charge in [-0.2, -0.15) is 0 Å². The Morgan fingerprint density at radius 1 is 1.26 bits per heavy atom. The highest BCUT2D eigenvalue weighted by atomic mass is 16.2. The van der Waals surface area contributed by atoms with Gasteiger partial charge in [-0.05, 0) is 32.8 Å². The number of nitrogens with two attached hydrogens (primary N) is 1. The molecule has 0 aromatic carbocycles. The van der Waals surface area contributed by atoms with Crippen molar-refractivity contribution in [2.24, 2.45) is 20.7 Å². The molecule has 5 aliphatic rings. The van der Waals surface area contributed by atoms with Gasteiger partial charge >= 0.3 is 6.03 Å². The summed E-state index contributed by atoms with van der Waals surface area (Å²) in [6.07, 6.45) is 6.99. The first-order valence-corrected chi connectivity index (χ1v) is 11.8. The molecule has 5 rings (SSSR count). The SMILES string of the molecule is CCN1C(N2CCCC(N)C2)=NC2C1C(=O)N(CC1=NC3C#CC=CC=C3C(C)=N1)C(=O)N2C. The summed E-state index contributed by atoms with van der Waals surface area (Å²) < 4.78 is 0. The zero-order chi connectivity index (χ0) is 24.0. The van der Waals surface area contributed by atoms with Crippen LogP contribution in [0.2, 0.25) is 0 Å². The second kappa shape index (κ2) is 8.72. The lowest BCUT2D eigenvalue weighted by atomic mass is 10.0. The van der Waals surface area contributed by atoms with Gasteiger partial charge in [0.05, 0.1) is 6.54 Å². The quantitative estimate of drug-likeness (QED) is 0.612. The van der Waals surface area contributed by atoms with Gasteiger partial charge in [0.2, 0.25) is 0 Å². The van der Waals surface area contributed by atoms with E-state index in [1.54, 1.807) is 18.0 Å². The Labute approximate surface area is 199 Å². The van der Waals surface area contributed by atoms with E-state index in [0.717, 1.165) is 36.6 Å². The van der Waals surface area contributed by atoms with Gasteiger partial charge in [0.1, 0.15) is 11.9 Å². The third-order valence-electron chi connectivity index (χ3n) is 6.91. The number of fused-ring (bicyclic) bond motifs is 2. The number of rotatable bonds is 3. The van der Waals surface area contributed by atoms with Crippen LogP contribution in [0.5, 0.6) is 0 Å². The molecule has 178 valence electrons. The van der Waals surface area contributed by atoms with E-state index in [0.29, 0.717) is 18.9 Å². The molecule has 4 aliphatic heterocycles. The van der Waals surface area contributed by atoms with E-state index in [1.807, 2.05) is 30.9 Å². The van der Waals surface area contributed by atoms with E-state index in [4.69, 9.17) is 10.7 Å². The van der Waals surface area contributed by atoms with Crippen LogP contribution in [0.4, 0.5) is 4.79 Å². The number of likely N-dealkylation sites (tertiary alicyclic amines) is 1. The highest BCUT2D eigenvalue weighted by molar-refractivity contribution is 6.12. The number of hydrogen-bond acceptors (Lipinski definition) is 8. The third kappa shape index (κ3) is 3.70. The van der Waals surface area contributed by atoms with E-state index in [-0.39, 0.29) is 24.5 Å². The number of guanidine groups is 1. The molecule has 10 nitrogen and oxygen atoms in total. The van der Waals surface area contributed by atoms with Gasteiger partial charge in [0, 0.05) is 44.0 Å². The lowest BCUT2D eigenvalue weighted by molar-refractivity contribution is -0.136. The lowest BCUT2D eigenvalue weighted by Gasteiger charge is -2.42. The molecule has 4 unspecified atom stereocenters. The number of hydrogen-bond donors (Lipinski definition) is 1. The fourth-order valence-corrected chi connectivity index (χ4v) is 5.17. The molecule has 2 fully saturated rings. The molecular weight excluding hydrogens is 432 g/mol. The number of carbonyl (C=O) groups is 2. The van der Waals surface area contributed by atoms with Crippen molar-refractivity contribution in [2.75, 3.05) is 33.2 Å². The van der Waals surface area contributed by atoms with Gasteiger partial charge in [-0.3, -0.25) is 9.69 Å². The van der Waals surface area contributed by atoms with Crippen molar-refractivity contribution < 1.29 is 9.59 Å². The largest absolute Gasteiger partial charge is 0.341 e. The molecule has 0 aromatic rings. The van der Waals surface area contributed by atoms with Crippen LogP contribution in [-0.2, 0) is 4.79 Å². The Hall–Kier alpha value is -3.45.